The average Bonchev–Trinajstić information content (AvgIpc) is 3.64. The Morgan fingerprint density at radius 1 is 0.314 bits per heavy atom. The minimum Gasteiger partial charge on any atom is -0.399 e. The Labute approximate surface area is 410 Å². The highest BCUT2D eigenvalue weighted by molar-refractivity contribution is 6.62. The van der Waals surface area contributed by atoms with Gasteiger partial charge in [0, 0.05) is 17.1 Å². The SMILES string of the molecule is CC1(C)OB(c2ccc3ccccc3c2)OC1(C)C.c1ccc(N(c2ccccc2)c2ccc(-c3c4ccccc4c(-c4ccc5ccccc5c4)c4c5ccccc5c5ccccc5c34)cc2)cc1. The van der Waals surface area contributed by atoms with Crippen LogP contribution in [0.4, 0.5) is 17.1 Å². The Kier molecular flexibility index (Phi) is 10.8. The van der Waals surface area contributed by atoms with Gasteiger partial charge in [-0.3, -0.25) is 0 Å². The summed E-state index contributed by atoms with van der Waals surface area (Å²) >= 11 is 0. The largest absolute Gasteiger partial charge is 0.494 e. The van der Waals surface area contributed by atoms with Gasteiger partial charge < -0.3 is 14.2 Å². The fourth-order valence-corrected chi connectivity index (χ4v) is 10.5. The van der Waals surface area contributed by atoms with Crippen LogP contribution >= 0.6 is 0 Å². The molecule has 0 spiro atoms. The van der Waals surface area contributed by atoms with Crippen molar-refractivity contribution in [2.45, 2.75) is 38.9 Å². The van der Waals surface area contributed by atoms with Crippen molar-refractivity contribution in [3.05, 3.63) is 243 Å². The van der Waals surface area contributed by atoms with E-state index in [2.05, 4.69) is 275 Å². The summed E-state index contributed by atoms with van der Waals surface area (Å²) in [7, 11) is -0.283. The molecule has 1 saturated heterocycles. The van der Waals surface area contributed by atoms with E-state index in [1.807, 2.05) is 0 Å². The van der Waals surface area contributed by atoms with E-state index in [1.165, 1.54) is 86.9 Å². The first kappa shape index (κ1) is 43.3. The summed E-state index contributed by atoms with van der Waals surface area (Å²) in [6, 6.07) is 87.6. The number of nitrogens with zero attached hydrogens (tertiary/aromatic N) is 1. The zero-order chi connectivity index (χ0) is 47.4. The molecule has 336 valence electrons. The van der Waals surface area contributed by atoms with Gasteiger partial charge in [0.25, 0.3) is 0 Å². The maximum atomic E-state index is 6.08. The van der Waals surface area contributed by atoms with Crippen molar-refractivity contribution in [2.75, 3.05) is 4.90 Å². The van der Waals surface area contributed by atoms with Crippen LogP contribution in [0.25, 0.3) is 86.9 Å². The quantitative estimate of drug-likeness (QED) is 0.0943. The summed E-state index contributed by atoms with van der Waals surface area (Å²) in [5.74, 6) is 0. The van der Waals surface area contributed by atoms with Crippen LogP contribution in [-0.4, -0.2) is 18.3 Å². The second-order valence-electron chi connectivity index (χ2n) is 19.4. The van der Waals surface area contributed by atoms with Gasteiger partial charge in [-0.25, -0.2) is 0 Å². The van der Waals surface area contributed by atoms with Crippen LogP contribution in [0, 0.1) is 0 Å². The standard InChI is InChI=1S/C50H33N.C16H19BO2/c1-3-17-38(18-4-1)51(39-19-5-2-6-20-39)40-31-29-35(30-32-40)47-45-25-13-14-26-46(45)48(37-28-27-34-15-7-8-16-36(34)33-37)50-44-24-12-10-22-42(44)41-21-9-11-23-43(41)49(47)50;1-15(2)16(3,4)19-17(18-15)14-10-9-12-7-5-6-8-13(12)11-14/h1-33H;5-11H,1-4H3. The number of hydrogen-bond donors (Lipinski definition) is 0. The summed E-state index contributed by atoms with van der Waals surface area (Å²) < 4.78 is 12.2. The van der Waals surface area contributed by atoms with E-state index < -0.39 is 0 Å². The fraction of sp³-hybridized carbons (Fsp3) is 0.0909. The van der Waals surface area contributed by atoms with Crippen molar-refractivity contribution < 1.29 is 9.31 Å². The normalized spacial score (nSPS) is 14.1. The van der Waals surface area contributed by atoms with Gasteiger partial charge in [0.1, 0.15) is 0 Å². The molecule has 0 aliphatic carbocycles. The van der Waals surface area contributed by atoms with E-state index in [0.717, 1.165) is 22.5 Å². The van der Waals surface area contributed by atoms with Crippen molar-refractivity contribution in [1.29, 1.82) is 0 Å². The number of rotatable bonds is 6. The Morgan fingerprint density at radius 3 is 1.20 bits per heavy atom. The maximum Gasteiger partial charge on any atom is 0.494 e. The Bertz CT molecular complexity index is 3850. The van der Waals surface area contributed by atoms with Gasteiger partial charge in [-0.1, -0.05) is 200 Å². The molecule has 12 aromatic carbocycles. The van der Waals surface area contributed by atoms with Crippen molar-refractivity contribution >= 4 is 94.3 Å². The predicted octanol–water partition coefficient (Wildman–Crippen LogP) is 17.4. The molecule has 3 nitrogen and oxygen atoms in total. The van der Waals surface area contributed by atoms with Gasteiger partial charge >= 0.3 is 7.12 Å². The van der Waals surface area contributed by atoms with Gasteiger partial charge in [-0.15, -0.1) is 0 Å². The molecule has 0 N–H and O–H groups in total. The molecule has 0 unspecified atom stereocenters. The van der Waals surface area contributed by atoms with Gasteiger partial charge in [-0.2, -0.15) is 0 Å². The average molecular weight is 902 g/mol. The lowest BCUT2D eigenvalue weighted by molar-refractivity contribution is 0.00578. The Hall–Kier alpha value is -8.02. The van der Waals surface area contributed by atoms with Crippen LogP contribution in [0.2, 0.25) is 0 Å². The zero-order valence-corrected chi connectivity index (χ0v) is 39.9. The van der Waals surface area contributed by atoms with Gasteiger partial charge in [0.2, 0.25) is 0 Å². The van der Waals surface area contributed by atoms with Crippen molar-refractivity contribution in [3.8, 4) is 22.3 Å². The maximum absolute atomic E-state index is 6.08. The summed E-state index contributed by atoms with van der Waals surface area (Å²) in [6.07, 6.45) is 0. The highest BCUT2D eigenvalue weighted by Crippen LogP contribution is 2.50. The van der Waals surface area contributed by atoms with Crippen LogP contribution in [0.1, 0.15) is 27.7 Å². The van der Waals surface area contributed by atoms with Crippen molar-refractivity contribution in [1.82, 2.24) is 0 Å². The molecule has 0 saturated carbocycles. The third-order valence-corrected chi connectivity index (χ3v) is 14.7. The number of benzene rings is 12. The smallest absolute Gasteiger partial charge is 0.399 e. The monoisotopic (exact) mass is 901 g/mol. The molecule has 0 radical (unpaired) electrons. The third-order valence-electron chi connectivity index (χ3n) is 14.7. The van der Waals surface area contributed by atoms with Crippen molar-refractivity contribution in [3.63, 3.8) is 0 Å². The molecule has 0 atom stereocenters. The molecule has 4 heteroatoms. The summed E-state index contributed by atoms with van der Waals surface area (Å²) in [5.41, 5.74) is 8.87. The van der Waals surface area contributed by atoms with Crippen LogP contribution in [-0.2, 0) is 9.31 Å². The van der Waals surface area contributed by atoms with E-state index >= 15 is 0 Å². The van der Waals surface area contributed by atoms with Gasteiger partial charge in [0.15, 0.2) is 0 Å². The highest BCUT2D eigenvalue weighted by Gasteiger charge is 2.51. The molecule has 0 bridgehead atoms. The number of fused-ring (bicyclic) bond motifs is 9. The number of anilines is 3. The lowest BCUT2D eigenvalue weighted by Gasteiger charge is -2.32. The molecule has 0 aromatic heterocycles. The molecular weight excluding hydrogens is 850 g/mol. The van der Waals surface area contributed by atoms with Crippen LogP contribution in [0.5, 0.6) is 0 Å². The van der Waals surface area contributed by atoms with E-state index in [0.29, 0.717) is 0 Å². The van der Waals surface area contributed by atoms with E-state index in [4.69, 9.17) is 9.31 Å². The van der Waals surface area contributed by atoms with E-state index in [9.17, 15) is 0 Å². The second kappa shape index (κ2) is 17.5. The van der Waals surface area contributed by atoms with Crippen LogP contribution < -0.4 is 10.4 Å². The first-order valence-electron chi connectivity index (χ1n) is 24.3. The number of hydrogen-bond acceptors (Lipinski definition) is 3. The number of para-hydroxylation sites is 2. The molecule has 1 heterocycles. The topological polar surface area (TPSA) is 21.7 Å². The lowest BCUT2D eigenvalue weighted by atomic mass is 9.78. The minimum absolute atomic E-state index is 0.283. The van der Waals surface area contributed by atoms with Crippen LogP contribution in [0.15, 0.2) is 243 Å². The summed E-state index contributed by atoms with van der Waals surface area (Å²) in [4.78, 5) is 2.33. The lowest BCUT2D eigenvalue weighted by Crippen LogP contribution is -2.41. The third kappa shape index (κ3) is 7.58. The first-order valence-corrected chi connectivity index (χ1v) is 24.3. The molecule has 1 aliphatic heterocycles. The van der Waals surface area contributed by atoms with E-state index in [1.54, 1.807) is 0 Å². The second-order valence-corrected chi connectivity index (χ2v) is 19.4. The van der Waals surface area contributed by atoms with Crippen molar-refractivity contribution in [2.24, 2.45) is 0 Å². The summed E-state index contributed by atoms with van der Waals surface area (Å²) in [6.45, 7) is 8.31. The Morgan fingerprint density at radius 2 is 0.686 bits per heavy atom. The molecule has 1 fully saturated rings. The summed E-state index contributed by atoms with van der Waals surface area (Å²) in [5, 5.41) is 15.2. The molecule has 12 aromatic rings. The molecule has 13 rings (SSSR count). The van der Waals surface area contributed by atoms with Gasteiger partial charge in [0.05, 0.1) is 11.2 Å². The fourth-order valence-electron chi connectivity index (χ4n) is 10.5. The van der Waals surface area contributed by atoms with E-state index in [-0.39, 0.29) is 18.3 Å². The highest BCUT2D eigenvalue weighted by atomic mass is 16.7. The predicted molar refractivity (Wildman–Crippen MR) is 299 cm³/mol. The molecule has 70 heavy (non-hydrogen) atoms. The molecule has 1 aliphatic rings. The minimum atomic E-state index is -0.288. The van der Waals surface area contributed by atoms with Crippen LogP contribution in [0.3, 0.4) is 0 Å². The zero-order valence-electron chi connectivity index (χ0n) is 39.9. The van der Waals surface area contributed by atoms with Gasteiger partial charge in [-0.05, 0) is 163 Å². The Balaban J connectivity index is 0.000000222. The molecular formula is C66H52BNO2. The molecule has 0 amide bonds. The first-order chi connectivity index (χ1) is 34.2.